The molecule has 0 bridgehead atoms. The Morgan fingerprint density at radius 2 is 1.83 bits per heavy atom. The lowest BCUT2D eigenvalue weighted by Crippen LogP contribution is -2.24. The molecule has 0 aromatic rings. The summed E-state index contributed by atoms with van der Waals surface area (Å²) in [7, 11) is 0. The van der Waals surface area contributed by atoms with Gasteiger partial charge in [0.05, 0.1) is 0 Å². The fraction of sp³-hybridized carbons (Fsp3) is 0.889. The molecule has 1 rings (SSSR count). The number of hydrogen-bond acceptors (Lipinski definition) is 1. The fourth-order valence-corrected chi connectivity index (χ4v) is 1.69. The van der Waals surface area contributed by atoms with Gasteiger partial charge in [0.15, 0.2) is 0 Å². The van der Waals surface area contributed by atoms with E-state index in [1.165, 1.54) is 0 Å². The normalized spacial score (nSPS) is 23.2. The van der Waals surface area contributed by atoms with E-state index >= 15 is 0 Å². The first-order chi connectivity index (χ1) is 5.61. The van der Waals surface area contributed by atoms with Gasteiger partial charge in [0.2, 0.25) is 6.43 Å². The number of rotatable bonds is 2. The van der Waals surface area contributed by atoms with Crippen molar-refractivity contribution in [3.63, 3.8) is 0 Å². The summed E-state index contributed by atoms with van der Waals surface area (Å²) in [6.45, 7) is 1.57. The third kappa shape index (κ3) is 2.26. The number of ketones is 1. The molecule has 0 saturated heterocycles. The van der Waals surface area contributed by atoms with Gasteiger partial charge < -0.3 is 0 Å². The summed E-state index contributed by atoms with van der Waals surface area (Å²) in [6, 6.07) is 0. The van der Waals surface area contributed by atoms with E-state index in [1.807, 2.05) is 0 Å². The van der Waals surface area contributed by atoms with E-state index in [4.69, 9.17) is 0 Å². The highest BCUT2D eigenvalue weighted by Crippen LogP contribution is 2.31. The monoisotopic (exact) mass is 176 g/mol. The second-order valence-electron chi connectivity index (χ2n) is 3.57. The van der Waals surface area contributed by atoms with E-state index in [-0.39, 0.29) is 11.7 Å². The number of alkyl halides is 2. The van der Waals surface area contributed by atoms with Crippen molar-refractivity contribution < 1.29 is 13.6 Å². The van der Waals surface area contributed by atoms with Crippen LogP contribution in [0.15, 0.2) is 0 Å². The number of Topliss-reactive ketones (excluding diaryl/α,β-unsaturated/α-hetero) is 1. The number of halogens is 2. The van der Waals surface area contributed by atoms with Gasteiger partial charge in [0, 0.05) is 18.8 Å². The first-order valence-electron chi connectivity index (χ1n) is 4.41. The molecule has 0 aromatic heterocycles. The summed E-state index contributed by atoms with van der Waals surface area (Å²) >= 11 is 0. The van der Waals surface area contributed by atoms with Crippen molar-refractivity contribution >= 4 is 5.78 Å². The van der Waals surface area contributed by atoms with Gasteiger partial charge >= 0.3 is 0 Å². The van der Waals surface area contributed by atoms with E-state index in [2.05, 4.69) is 0 Å². The van der Waals surface area contributed by atoms with Crippen LogP contribution >= 0.6 is 0 Å². The molecule has 0 heterocycles. The van der Waals surface area contributed by atoms with E-state index < -0.39 is 12.3 Å². The maximum Gasteiger partial charge on any atom is 0.241 e. The number of hydrogen-bond donors (Lipinski definition) is 0. The van der Waals surface area contributed by atoms with Crippen LogP contribution in [0.3, 0.4) is 0 Å². The van der Waals surface area contributed by atoms with Gasteiger partial charge in [-0.3, -0.25) is 4.79 Å². The van der Waals surface area contributed by atoms with Gasteiger partial charge in [-0.1, -0.05) is 6.92 Å². The van der Waals surface area contributed by atoms with Gasteiger partial charge in [-0.2, -0.15) is 0 Å². The van der Waals surface area contributed by atoms with Crippen LogP contribution in [0.2, 0.25) is 0 Å². The first-order valence-corrected chi connectivity index (χ1v) is 4.41. The molecule has 0 aromatic carbocycles. The van der Waals surface area contributed by atoms with Gasteiger partial charge in [-0.15, -0.1) is 0 Å². The predicted octanol–water partition coefficient (Wildman–Crippen LogP) is 2.65. The topological polar surface area (TPSA) is 17.1 Å². The van der Waals surface area contributed by atoms with E-state index in [0.717, 1.165) is 0 Å². The minimum absolute atomic E-state index is 0.0581. The highest BCUT2D eigenvalue weighted by atomic mass is 19.3. The molecule has 1 fully saturated rings. The van der Waals surface area contributed by atoms with Crippen molar-refractivity contribution in [3.05, 3.63) is 0 Å². The zero-order chi connectivity index (χ0) is 9.14. The number of carbonyl (C=O) groups is 1. The summed E-state index contributed by atoms with van der Waals surface area (Å²) in [4.78, 5) is 10.8. The van der Waals surface area contributed by atoms with Crippen molar-refractivity contribution in [2.45, 2.75) is 39.0 Å². The lowest BCUT2D eigenvalue weighted by molar-refractivity contribution is -0.121. The van der Waals surface area contributed by atoms with Crippen LogP contribution in [0, 0.1) is 11.8 Å². The van der Waals surface area contributed by atoms with Crippen molar-refractivity contribution in [1.82, 2.24) is 0 Å². The maximum atomic E-state index is 12.2. The summed E-state index contributed by atoms with van der Waals surface area (Å²) in [5.41, 5.74) is 0. The molecule has 1 saturated carbocycles. The van der Waals surface area contributed by atoms with Gasteiger partial charge in [0.25, 0.3) is 0 Å². The van der Waals surface area contributed by atoms with Crippen LogP contribution in [0.4, 0.5) is 8.78 Å². The summed E-state index contributed by atoms with van der Waals surface area (Å²) in [5, 5.41) is 0. The lowest BCUT2D eigenvalue weighted by Gasteiger charge is -2.26. The largest absolute Gasteiger partial charge is 0.300 e. The minimum Gasteiger partial charge on any atom is -0.300 e. The molecule has 1 unspecified atom stereocenters. The molecule has 3 heteroatoms. The van der Waals surface area contributed by atoms with Gasteiger partial charge in [0.1, 0.15) is 5.78 Å². The maximum absolute atomic E-state index is 12.2. The molecular weight excluding hydrogens is 162 g/mol. The van der Waals surface area contributed by atoms with Crippen LogP contribution in [0.1, 0.15) is 32.6 Å². The molecule has 1 atom stereocenters. The van der Waals surface area contributed by atoms with Crippen molar-refractivity contribution in [1.29, 1.82) is 0 Å². The first kappa shape index (κ1) is 9.62. The van der Waals surface area contributed by atoms with Crippen molar-refractivity contribution in [2.75, 3.05) is 0 Å². The van der Waals surface area contributed by atoms with Crippen LogP contribution in [-0.2, 0) is 4.79 Å². The summed E-state index contributed by atoms with van der Waals surface area (Å²) in [6.07, 6.45) is 0.0844. The Morgan fingerprint density at radius 3 is 2.25 bits per heavy atom. The van der Waals surface area contributed by atoms with E-state index in [1.54, 1.807) is 6.92 Å². The quantitative estimate of drug-likeness (QED) is 0.632. The molecular formula is C9H14F2O. The SMILES string of the molecule is CC(C(F)F)C1CCC(=O)CC1. The van der Waals surface area contributed by atoms with Crippen LogP contribution in [0.5, 0.6) is 0 Å². The summed E-state index contributed by atoms with van der Waals surface area (Å²) in [5.74, 6) is -0.256. The zero-order valence-corrected chi connectivity index (χ0v) is 7.22. The molecule has 0 amide bonds. The van der Waals surface area contributed by atoms with Crippen LogP contribution < -0.4 is 0 Å². The Kier molecular flexibility index (Phi) is 3.18. The molecule has 0 radical (unpaired) electrons. The average molecular weight is 176 g/mol. The van der Waals surface area contributed by atoms with Gasteiger partial charge in [-0.25, -0.2) is 8.78 Å². The highest BCUT2D eigenvalue weighted by molar-refractivity contribution is 5.79. The molecule has 1 aliphatic rings. The number of carbonyl (C=O) groups excluding carboxylic acids is 1. The zero-order valence-electron chi connectivity index (χ0n) is 7.22. The highest BCUT2D eigenvalue weighted by Gasteiger charge is 2.28. The Labute approximate surface area is 71.1 Å². The molecule has 0 spiro atoms. The fourth-order valence-electron chi connectivity index (χ4n) is 1.69. The van der Waals surface area contributed by atoms with E-state index in [0.29, 0.717) is 25.7 Å². The molecule has 1 aliphatic carbocycles. The van der Waals surface area contributed by atoms with Crippen molar-refractivity contribution in [3.8, 4) is 0 Å². The average Bonchev–Trinajstić information content (AvgIpc) is 2.04. The Bertz CT molecular complexity index is 158. The van der Waals surface area contributed by atoms with Crippen molar-refractivity contribution in [2.24, 2.45) is 11.8 Å². The molecule has 0 aliphatic heterocycles. The molecule has 0 N–H and O–H groups in total. The van der Waals surface area contributed by atoms with Crippen LogP contribution in [-0.4, -0.2) is 12.2 Å². The van der Waals surface area contributed by atoms with E-state index in [9.17, 15) is 13.6 Å². The standard InChI is InChI=1S/C9H14F2O/c1-6(9(10)11)7-2-4-8(12)5-3-7/h6-7,9H,2-5H2,1H3. The third-order valence-electron chi connectivity index (χ3n) is 2.73. The lowest BCUT2D eigenvalue weighted by atomic mass is 9.80. The summed E-state index contributed by atoms with van der Waals surface area (Å²) < 4.78 is 24.5. The smallest absolute Gasteiger partial charge is 0.241 e. The second kappa shape index (κ2) is 3.97. The van der Waals surface area contributed by atoms with Crippen LogP contribution in [0.25, 0.3) is 0 Å². The van der Waals surface area contributed by atoms with Gasteiger partial charge in [-0.05, 0) is 18.8 Å². The molecule has 1 nitrogen and oxygen atoms in total. The Morgan fingerprint density at radius 1 is 1.33 bits per heavy atom. The minimum atomic E-state index is -2.23. The Balaban J connectivity index is 2.38. The molecule has 12 heavy (non-hydrogen) atoms. The Hall–Kier alpha value is -0.470. The predicted molar refractivity (Wildman–Crippen MR) is 42.1 cm³/mol. The second-order valence-corrected chi connectivity index (χ2v) is 3.57. The molecule has 70 valence electrons. The third-order valence-corrected chi connectivity index (χ3v) is 2.73.